The minimum atomic E-state index is -0.597. The van der Waals surface area contributed by atoms with Gasteiger partial charge in [-0.25, -0.2) is 0 Å². The molecular weight excluding hydrogens is 144 g/mol. The Labute approximate surface area is 66.1 Å². The number of carbonyl (C=O) groups excluding carboxylic acids is 2. The molecule has 0 aliphatic heterocycles. The van der Waals surface area contributed by atoms with Crippen LogP contribution in [0.1, 0.15) is 20.8 Å². The Balaban J connectivity index is 4.34. The molecule has 0 aromatic carbocycles. The van der Waals surface area contributed by atoms with Crippen LogP contribution in [0.5, 0.6) is 0 Å². The van der Waals surface area contributed by atoms with Crippen LogP contribution >= 0.6 is 0 Å². The third kappa shape index (κ3) is 3.02. The molecule has 0 aromatic rings. The van der Waals surface area contributed by atoms with Crippen LogP contribution in [0.2, 0.25) is 0 Å². The maximum atomic E-state index is 10.7. The lowest BCUT2D eigenvalue weighted by molar-refractivity contribution is -0.125. The lowest BCUT2D eigenvalue weighted by Gasteiger charge is -2.26. The zero-order valence-electron chi connectivity index (χ0n) is 7.05. The van der Waals surface area contributed by atoms with Gasteiger partial charge in [-0.1, -0.05) is 20.8 Å². The molecule has 0 radical (unpaired) electrons. The highest BCUT2D eigenvalue weighted by Crippen LogP contribution is 2.18. The maximum absolute atomic E-state index is 10.7. The predicted octanol–water partition coefficient (Wildman–Crippen LogP) is -0.368. The summed E-state index contributed by atoms with van der Waals surface area (Å²) in [6.07, 6.45) is 0.487. The van der Waals surface area contributed by atoms with Gasteiger partial charge in [0.25, 0.3) is 0 Å². The standard InChI is InChI=1S/C7H14N2O2/c1-7(2,3)5(6(8)11)9-4-10/h4-5H,1-3H3,(H2,8,11)(H,9,10). The van der Waals surface area contributed by atoms with Gasteiger partial charge in [-0.15, -0.1) is 0 Å². The van der Waals surface area contributed by atoms with Crippen molar-refractivity contribution in [2.45, 2.75) is 26.8 Å². The molecule has 0 spiro atoms. The summed E-state index contributed by atoms with van der Waals surface area (Å²) in [6.45, 7) is 5.50. The summed E-state index contributed by atoms with van der Waals surface area (Å²) in [5.74, 6) is -0.510. The smallest absolute Gasteiger partial charge is 0.240 e. The van der Waals surface area contributed by atoms with Crippen molar-refractivity contribution in [3.63, 3.8) is 0 Å². The molecule has 4 heteroatoms. The fraction of sp³-hybridized carbons (Fsp3) is 0.714. The van der Waals surface area contributed by atoms with E-state index in [1.807, 2.05) is 20.8 Å². The Morgan fingerprint density at radius 1 is 1.55 bits per heavy atom. The van der Waals surface area contributed by atoms with Crippen LogP contribution in [0, 0.1) is 5.41 Å². The molecule has 2 amide bonds. The number of hydrogen-bond acceptors (Lipinski definition) is 2. The number of nitrogens with one attached hydrogen (secondary N) is 1. The highest BCUT2D eigenvalue weighted by atomic mass is 16.2. The van der Waals surface area contributed by atoms with Gasteiger partial charge in [0.1, 0.15) is 6.04 Å². The maximum Gasteiger partial charge on any atom is 0.240 e. The third-order valence-corrected chi connectivity index (χ3v) is 1.39. The Morgan fingerprint density at radius 3 is 2.09 bits per heavy atom. The van der Waals surface area contributed by atoms with Gasteiger partial charge in [0, 0.05) is 0 Å². The first-order valence-corrected chi connectivity index (χ1v) is 3.38. The van der Waals surface area contributed by atoms with Crippen LogP contribution in [0.25, 0.3) is 0 Å². The van der Waals surface area contributed by atoms with Crippen molar-refractivity contribution in [1.29, 1.82) is 0 Å². The van der Waals surface area contributed by atoms with Crippen molar-refractivity contribution >= 4 is 12.3 Å². The summed E-state index contributed by atoms with van der Waals surface area (Å²) in [5, 5.41) is 2.37. The second-order valence-electron chi connectivity index (χ2n) is 3.49. The largest absolute Gasteiger partial charge is 0.368 e. The number of rotatable bonds is 3. The number of nitrogens with two attached hydrogens (primary N) is 1. The first-order chi connectivity index (χ1) is 4.89. The topological polar surface area (TPSA) is 72.2 Å². The van der Waals surface area contributed by atoms with Gasteiger partial charge in [0.15, 0.2) is 0 Å². The van der Waals surface area contributed by atoms with Crippen LogP contribution in [-0.4, -0.2) is 18.4 Å². The monoisotopic (exact) mass is 158 g/mol. The van der Waals surface area contributed by atoms with E-state index >= 15 is 0 Å². The van der Waals surface area contributed by atoms with Crippen molar-refractivity contribution in [2.24, 2.45) is 11.1 Å². The molecule has 0 fully saturated rings. The lowest BCUT2D eigenvalue weighted by atomic mass is 9.86. The van der Waals surface area contributed by atoms with E-state index < -0.39 is 11.9 Å². The lowest BCUT2D eigenvalue weighted by Crippen LogP contribution is -2.49. The summed E-state index contributed by atoms with van der Waals surface area (Å²) in [6, 6.07) is -0.597. The first-order valence-electron chi connectivity index (χ1n) is 3.38. The van der Waals surface area contributed by atoms with E-state index in [-0.39, 0.29) is 5.41 Å². The number of primary amides is 1. The van der Waals surface area contributed by atoms with Crippen molar-refractivity contribution in [1.82, 2.24) is 5.32 Å². The van der Waals surface area contributed by atoms with E-state index in [0.29, 0.717) is 6.41 Å². The Bertz CT molecular complexity index is 160. The highest BCUT2D eigenvalue weighted by Gasteiger charge is 2.28. The third-order valence-electron chi connectivity index (χ3n) is 1.39. The van der Waals surface area contributed by atoms with E-state index in [4.69, 9.17) is 5.73 Å². The first kappa shape index (κ1) is 9.94. The Hall–Kier alpha value is -1.06. The summed E-state index contributed by atoms with van der Waals surface area (Å²) < 4.78 is 0. The minimum absolute atomic E-state index is 0.327. The predicted molar refractivity (Wildman–Crippen MR) is 41.6 cm³/mol. The summed E-state index contributed by atoms with van der Waals surface area (Å²) in [4.78, 5) is 20.8. The molecule has 4 nitrogen and oxygen atoms in total. The van der Waals surface area contributed by atoms with Gasteiger partial charge in [-0.3, -0.25) is 9.59 Å². The molecule has 0 saturated carbocycles. The molecule has 11 heavy (non-hydrogen) atoms. The molecular formula is C7H14N2O2. The molecule has 0 aliphatic rings. The van der Waals surface area contributed by atoms with Gasteiger partial charge < -0.3 is 11.1 Å². The SMILES string of the molecule is CC(C)(C)C(NC=O)C(N)=O. The van der Waals surface area contributed by atoms with Crippen LogP contribution in [0.15, 0.2) is 0 Å². The summed E-state index contributed by atoms with van der Waals surface area (Å²) in [5.41, 5.74) is 4.72. The van der Waals surface area contributed by atoms with E-state index in [1.165, 1.54) is 0 Å². The molecule has 64 valence electrons. The van der Waals surface area contributed by atoms with Crippen LogP contribution < -0.4 is 11.1 Å². The van der Waals surface area contributed by atoms with Gasteiger partial charge in [-0.05, 0) is 5.41 Å². The van der Waals surface area contributed by atoms with Crippen LogP contribution in [0.4, 0.5) is 0 Å². The van der Waals surface area contributed by atoms with E-state index in [0.717, 1.165) is 0 Å². The number of carbonyl (C=O) groups is 2. The van der Waals surface area contributed by atoms with Crippen molar-refractivity contribution < 1.29 is 9.59 Å². The average Bonchev–Trinajstić information content (AvgIpc) is 1.79. The zero-order valence-corrected chi connectivity index (χ0v) is 7.05. The highest BCUT2D eigenvalue weighted by molar-refractivity contribution is 5.82. The quantitative estimate of drug-likeness (QED) is 0.550. The molecule has 3 N–H and O–H groups in total. The molecule has 1 unspecified atom stereocenters. The summed E-state index contributed by atoms with van der Waals surface area (Å²) >= 11 is 0. The molecule has 1 atom stereocenters. The normalized spacial score (nSPS) is 13.7. The van der Waals surface area contributed by atoms with E-state index in [1.54, 1.807) is 0 Å². The molecule has 0 saturated heterocycles. The fourth-order valence-electron chi connectivity index (χ4n) is 0.827. The Kier molecular flexibility index (Phi) is 3.04. The van der Waals surface area contributed by atoms with Crippen LogP contribution in [0.3, 0.4) is 0 Å². The second-order valence-corrected chi connectivity index (χ2v) is 3.49. The van der Waals surface area contributed by atoms with Gasteiger partial charge in [-0.2, -0.15) is 0 Å². The molecule has 0 heterocycles. The summed E-state index contributed by atoms with van der Waals surface area (Å²) in [7, 11) is 0. The molecule has 0 rings (SSSR count). The van der Waals surface area contributed by atoms with Crippen LogP contribution in [-0.2, 0) is 9.59 Å². The van der Waals surface area contributed by atoms with Crippen molar-refractivity contribution in [3.05, 3.63) is 0 Å². The van der Waals surface area contributed by atoms with Crippen molar-refractivity contribution in [2.75, 3.05) is 0 Å². The molecule has 0 bridgehead atoms. The van der Waals surface area contributed by atoms with Gasteiger partial charge in [0.05, 0.1) is 0 Å². The molecule has 0 aromatic heterocycles. The minimum Gasteiger partial charge on any atom is -0.368 e. The average molecular weight is 158 g/mol. The Morgan fingerprint density at radius 2 is 2.00 bits per heavy atom. The van der Waals surface area contributed by atoms with Crippen molar-refractivity contribution in [3.8, 4) is 0 Å². The van der Waals surface area contributed by atoms with E-state index in [9.17, 15) is 9.59 Å². The molecule has 0 aliphatic carbocycles. The van der Waals surface area contributed by atoms with E-state index in [2.05, 4.69) is 5.32 Å². The van der Waals surface area contributed by atoms with Gasteiger partial charge in [0.2, 0.25) is 12.3 Å². The zero-order chi connectivity index (χ0) is 9.07. The number of amides is 2. The van der Waals surface area contributed by atoms with Gasteiger partial charge >= 0.3 is 0 Å². The fourth-order valence-corrected chi connectivity index (χ4v) is 0.827. The second kappa shape index (κ2) is 3.37. The number of hydrogen-bond donors (Lipinski definition) is 2.